The molecule has 5 rings (SSSR count). The van der Waals surface area contributed by atoms with Crippen LogP contribution >= 0.6 is 0 Å². The van der Waals surface area contributed by atoms with Crippen LogP contribution in [0.15, 0.2) is 18.3 Å². The third-order valence-electron chi connectivity index (χ3n) is 6.95. The zero-order valence-electron chi connectivity index (χ0n) is 20.4. The minimum Gasteiger partial charge on any atom is -0.381 e. The number of halogens is 3. The van der Waals surface area contributed by atoms with Crippen molar-refractivity contribution in [3.63, 3.8) is 0 Å². The van der Waals surface area contributed by atoms with Crippen LogP contribution in [0.1, 0.15) is 44.6 Å². The number of rotatable bonds is 7. The molecule has 3 aromatic rings. The number of anilines is 3. The predicted molar refractivity (Wildman–Crippen MR) is 133 cm³/mol. The van der Waals surface area contributed by atoms with E-state index in [2.05, 4.69) is 20.6 Å². The molecule has 0 unspecified atom stereocenters. The molecule has 2 aliphatic rings. The number of ether oxygens (including phenoxy) is 1. The fourth-order valence-electron chi connectivity index (χ4n) is 5.20. The van der Waals surface area contributed by atoms with E-state index in [0.717, 1.165) is 25.7 Å². The number of fused-ring (bicyclic) bond motifs is 1. The lowest BCUT2D eigenvalue weighted by molar-refractivity contribution is 0.0710. The molecular weight excluding hydrogens is 509 g/mol. The lowest BCUT2D eigenvalue weighted by atomic mass is 9.87. The van der Waals surface area contributed by atoms with Gasteiger partial charge in [-0.3, -0.25) is 4.57 Å². The summed E-state index contributed by atoms with van der Waals surface area (Å²) in [7, 11) is -3.00. The minimum absolute atomic E-state index is 0.0815. The molecule has 1 aromatic carbocycles. The summed E-state index contributed by atoms with van der Waals surface area (Å²) in [6.07, 6.45) is 7.35. The summed E-state index contributed by atoms with van der Waals surface area (Å²) < 4.78 is 72.7. The molecule has 0 radical (unpaired) electrons. The van der Waals surface area contributed by atoms with Gasteiger partial charge in [-0.2, -0.15) is 4.98 Å². The Balaban J connectivity index is 1.42. The third-order valence-corrected chi connectivity index (χ3v) is 8.03. The van der Waals surface area contributed by atoms with Gasteiger partial charge in [0.25, 0.3) is 0 Å². The van der Waals surface area contributed by atoms with Crippen molar-refractivity contribution in [2.24, 2.45) is 5.92 Å². The lowest BCUT2D eigenvalue weighted by Crippen LogP contribution is -2.29. The van der Waals surface area contributed by atoms with E-state index in [1.807, 2.05) is 0 Å². The van der Waals surface area contributed by atoms with Crippen molar-refractivity contribution in [1.82, 2.24) is 19.5 Å². The minimum atomic E-state index is -3.00. The Morgan fingerprint density at radius 1 is 1.03 bits per heavy atom. The molecule has 2 aromatic heterocycles. The Morgan fingerprint density at radius 3 is 2.35 bits per heavy atom. The standard InChI is InChI=1S/C24H29F3N6O3S/c1-37(34,35)13-14-2-4-16(5-3-14)29-23-28-12-20-22(32-23)33(17-6-8-36-9-7-17)24(30-20)31-21-18(26)10-15(25)11-19(21)27/h10-12,14,16-17H,2-9,13H2,1H3,(H,30,31)(H,28,29,32). The summed E-state index contributed by atoms with van der Waals surface area (Å²) in [5.74, 6) is -2.20. The SMILES string of the molecule is CS(=O)(=O)CC1CCC(Nc2ncc3nc(Nc4c(F)cc(F)cc4F)n(C4CCOCC4)c3n2)CC1. The number of nitrogens with one attached hydrogen (secondary N) is 2. The van der Waals surface area contributed by atoms with Crippen LogP contribution in [0.25, 0.3) is 11.2 Å². The highest BCUT2D eigenvalue weighted by Gasteiger charge is 2.27. The second-order valence-electron chi connectivity index (χ2n) is 9.88. The highest BCUT2D eigenvalue weighted by atomic mass is 32.2. The molecule has 9 nitrogen and oxygen atoms in total. The highest BCUT2D eigenvalue weighted by Crippen LogP contribution is 2.33. The van der Waals surface area contributed by atoms with Crippen molar-refractivity contribution in [1.29, 1.82) is 0 Å². The van der Waals surface area contributed by atoms with Gasteiger partial charge in [-0.25, -0.2) is 31.6 Å². The summed E-state index contributed by atoms with van der Waals surface area (Å²) in [6.45, 7) is 1.05. The quantitative estimate of drug-likeness (QED) is 0.457. The molecule has 0 atom stereocenters. The number of benzene rings is 1. The number of nitrogens with zero attached hydrogens (tertiary/aromatic N) is 4. The van der Waals surface area contributed by atoms with E-state index in [9.17, 15) is 21.6 Å². The van der Waals surface area contributed by atoms with Crippen molar-refractivity contribution in [3.8, 4) is 0 Å². The molecule has 0 amide bonds. The first-order valence-electron chi connectivity index (χ1n) is 12.3. The molecule has 3 heterocycles. The van der Waals surface area contributed by atoms with Crippen LogP contribution in [0, 0.1) is 23.4 Å². The van der Waals surface area contributed by atoms with Crippen LogP contribution in [-0.4, -0.2) is 59.2 Å². The largest absolute Gasteiger partial charge is 0.381 e. The average molecular weight is 539 g/mol. The molecular formula is C24H29F3N6O3S. The van der Waals surface area contributed by atoms with Crippen molar-refractivity contribution in [2.45, 2.75) is 50.6 Å². The van der Waals surface area contributed by atoms with E-state index >= 15 is 0 Å². The zero-order chi connectivity index (χ0) is 26.2. The van der Waals surface area contributed by atoms with Gasteiger partial charge in [0, 0.05) is 43.7 Å². The van der Waals surface area contributed by atoms with Gasteiger partial charge in [0.15, 0.2) is 17.3 Å². The first kappa shape index (κ1) is 25.7. The van der Waals surface area contributed by atoms with E-state index in [0.29, 0.717) is 55.3 Å². The predicted octanol–water partition coefficient (Wildman–Crippen LogP) is 4.35. The van der Waals surface area contributed by atoms with Gasteiger partial charge < -0.3 is 15.4 Å². The van der Waals surface area contributed by atoms with Gasteiger partial charge in [-0.05, 0) is 44.4 Å². The van der Waals surface area contributed by atoms with Crippen LogP contribution in [0.4, 0.5) is 30.8 Å². The van der Waals surface area contributed by atoms with Crippen molar-refractivity contribution in [3.05, 3.63) is 35.8 Å². The first-order valence-corrected chi connectivity index (χ1v) is 14.4. The molecule has 200 valence electrons. The van der Waals surface area contributed by atoms with Crippen LogP contribution in [0.3, 0.4) is 0 Å². The molecule has 1 saturated heterocycles. The molecule has 2 fully saturated rings. The number of aromatic nitrogens is 4. The number of imidazole rings is 1. The van der Waals surface area contributed by atoms with Crippen molar-refractivity contribution >= 4 is 38.6 Å². The maximum atomic E-state index is 14.4. The Morgan fingerprint density at radius 2 is 1.70 bits per heavy atom. The summed E-state index contributed by atoms with van der Waals surface area (Å²) in [5.41, 5.74) is 0.446. The van der Waals surface area contributed by atoms with Gasteiger partial charge >= 0.3 is 0 Å². The van der Waals surface area contributed by atoms with E-state index < -0.39 is 33.0 Å². The van der Waals surface area contributed by atoms with Gasteiger partial charge in [-0.15, -0.1) is 0 Å². The maximum absolute atomic E-state index is 14.4. The van der Waals surface area contributed by atoms with Gasteiger partial charge in [-0.1, -0.05) is 0 Å². The first-order chi connectivity index (χ1) is 17.7. The monoisotopic (exact) mass is 538 g/mol. The smallest absolute Gasteiger partial charge is 0.224 e. The zero-order valence-corrected chi connectivity index (χ0v) is 21.2. The number of sulfone groups is 1. The topological polar surface area (TPSA) is 111 Å². The fourth-order valence-corrected chi connectivity index (χ4v) is 6.39. The summed E-state index contributed by atoms with van der Waals surface area (Å²) in [4.78, 5) is 13.6. The average Bonchev–Trinajstić information content (AvgIpc) is 3.19. The molecule has 13 heteroatoms. The second kappa shape index (κ2) is 10.4. The van der Waals surface area contributed by atoms with Crippen molar-refractivity contribution in [2.75, 3.05) is 35.9 Å². The molecule has 0 bridgehead atoms. The van der Waals surface area contributed by atoms with E-state index in [-0.39, 0.29) is 29.7 Å². The summed E-state index contributed by atoms with van der Waals surface area (Å²) in [6, 6.07) is 1.24. The van der Waals surface area contributed by atoms with Crippen LogP contribution in [-0.2, 0) is 14.6 Å². The fraction of sp³-hybridized carbons (Fsp3) is 0.542. The van der Waals surface area contributed by atoms with Crippen molar-refractivity contribution < 1.29 is 26.3 Å². The van der Waals surface area contributed by atoms with E-state index in [1.165, 1.54) is 6.26 Å². The summed E-state index contributed by atoms with van der Waals surface area (Å²) >= 11 is 0. The third kappa shape index (κ3) is 5.98. The molecule has 1 aliphatic carbocycles. The van der Waals surface area contributed by atoms with Crippen LogP contribution in [0.5, 0.6) is 0 Å². The van der Waals surface area contributed by atoms with E-state index in [4.69, 9.17) is 9.72 Å². The number of hydrogen-bond acceptors (Lipinski definition) is 8. The molecule has 1 saturated carbocycles. The van der Waals surface area contributed by atoms with Crippen LogP contribution < -0.4 is 10.6 Å². The Kier molecular flexibility index (Phi) is 7.26. The molecule has 2 N–H and O–H groups in total. The van der Waals surface area contributed by atoms with Gasteiger partial charge in [0.2, 0.25) is 11.9 Å². The second-order valence-corrected chi connectivity index (χ2v) is 12.1. The maximum Gasteiger partial charge on any atom is 0.224 e. The molecule has 37 heavy (non-hydrogen) atoms. The number of hydrogen-bond donors (Lipinski definition) is 2. The normalized spacial score (nSPS) is 21.3. The van der Waals surface area contributed by atoms with E-state index in [1.54, 1.807) is 10.8 Å². The summed E-state index contributed by atoms with van der Waals surface area (Å²) in [5, 5.41) is 6.05. The Bertz CT molecular complexity index is 1360. The Hall–Kier alpha value is -2.93. The highest BCUT2D eigenvalue weighted by molar-refractivity contribution is 7.90. The lowest BCUT2D eigenvalue weighted by Gasteiger charge is -2.28. The van der Waals surface area contributed by atoms with Gasteiger partial charge in [0.1, 0.15) is 26.9 Å². The molecule has 0 spiro atoms. The Labute approximate surface area is 212 Å². The molecule has 1 aliphatic heterocycles. The van der Waals surface area contributed by atoms with Crippen LogP contribution in [0.2, 0.25) is 0 Å². The van der Waals surface area contributed by atoms with Gasteiger partial charge in [0.05, 0.1) is 11.9 Å².